The number of rotatable bonds is 4. The van der Waals surface area contributed by atoms with Crippen molar-refractivity contribution < 1.29 is 14.3 Å². The van der Waals surface area contributed by atoms with Gasteiger partial charge >= 0.3 is 5.97 Å². The Labute approximate surface area is 119 Å². The van der Waals surface area contributed by atoms with Gasteiger partial charge in [-0.15, -0.1) is 0 Å². The van der Waals surface area contributed by atoms with Crippen LogP contribution in [0.5, 0.6) is 0 Å². The van der Waals surface area contributed by atoms with Crippen molar-refractivity contribution in [2.24, 2.45) is 0 Å². The summed E-state index contributed by atoms with van der Waals surface area (Å²) in [7, 11) is 1.37. The monoisotopic (exact) mass is 275 g/mol. The lowest BCUT2D eigenvalue weighted by atomic mass is 10.0. The molecular weight excluding hydrogens is 254 g/mol. The molecule has 1 fully saturated rings. The molecule has 0 aliphatic carbocycles. The average molecular weight is 275 g/mol. The van der Waals surface area contributed by atoms with Crippen LogP contribution in [0, 0.1) is 6.92 Å². The number of esters is 1. The second-order valence-corrected chi connectivity index (χ2v) is 5.21. The Morgan fingerprint density at radius 1 is 1.40 bits per heavy atom. The van der Waals surface area contributed by atoms with Crippen LogP contribution in [0.25, 0.3) is 0 Å². The molecule has 0 spiro atoms. The van der Waals surface area contributed by atoms with Crippen molar-refractivity contribution in [2.45, 2.75) is 45.2 Å². The molecule has 1 saturated heterocycles. The van der Waals surface area contributed by atoms with Crippen molar-refractivity contribution in [3.63, 3.8) is 0 Å². The average Bonchev–Trinajstić information content (AvgIpc) is 2.83. The lowest BCUT2D eigenvalue weighted by molar-refractivity contribution is -0.151. The zero-order chi connectivity index (χ0) is 14.7. The Balaban J connectivity index is 2.31. The Kier molecular flexibility index (Phi) is 4.42. The minimum Gasteiger partial charge on any atom is -0.467 e. The topological polar surface area (TPSA) is 46.6 Å². The molecule has 4 heteroatoms. The summed E-state index contributed by atoms with van der Waals surface area (Å²) in [6.45, 7) is 4.06. The Hall–Kier alpha value is -1.84. The molecular formula is C16H21NO3. The van der Waals surface area contributed by atoms with Crippen LogP contribution in [-0.4, -0.2) is 29.9 Å². The van der Waals surface area contributed by atoms with Gasteiger partial charge in [0.2, 0.25) is 5.91 Å². The lowest BCUT2D eigenvalue weighted by Gasteiger charge is -2.31. The number of nitrogens with zero attached hydrogens (tertiary/aromatic N) is 1. The summed E-state index contributed by atoms with van der Waals surface area (Å²) in [5.41, 5.74) is 2.25. The number of carbonyl (C=O) groups excluding carboxylic acids is 2. The molecule has 1 aromatic rings. The summed E-state index contributed by atoms with van der Waals surface area (Å²) >= 11 is 0. The number of likely N-dealkylation sites (tertiary alicyclic amines) is 1. The van der Waals surface area contributed by atoms with Crippen LogP contribution in [0.4, 0.5) is 0 Å². The van der Waals surface area contributed by atoms with E-state index in [1.54, 1.807) is 4.90 Å². The number of hydrogen-bond acceptors (Lipinski definition) is 3. The Morgan fingerprint density at radius 2 is 2.05 bits per heavy atom. The van der Waals surface area contributed by atoms with E-state index < -0.39 is 6.04 Å². The molecule has 2 unspecified atom stereocenters. The highest BCUT2D eigenvalue weighted by molar-refractivity contribution is 5.88. The van der Waals surface area contributed by atoms with Crippen molar-refractivity contribution in [1.29, 1.82) is 0 Å². The number of methoxy groups -OCH3 is 1. The van der Waals surface area contributed by atoms with E-state index in [4.69, 9.17) is 4.74 Å². The zero-order valence-electron chi connectivity index (χ0n) is 12.3. The lowest BCUT2D eigenvalue weighted by Crippen LogP contribution is -2.41. The highest BCUT2D eigenvalue weighted by atomic mass is 16.5. The largest absolute Gasteiger partial charge is 0.467 e. The quantitative estimate of drug-likeness (QED) is 0.794. The van der Waals surface area contributed by atoms with Crippen molar-refractivity contribution >= 4 is 11.9 Å². The molecule has 0 radical (unpaired) electrons. The number of hydrogen-bond donors (Lipinski definition) is 0. The fourth-order valence-corrected chi connectivity index (χ4v) is 2.84. The molecule has 4 nitrogen and oxygen atoms in total. The van der Waals surface area contributed by atoms with Gasteiger partial charge in [0.05, 0.1) is 13.2 Å². The number of aryl methyl sites for hydroxylation is 1. The van der Waals surface area contributed by atoms with Crippen molar-refractivity contribution in [3.05, 3.63) is 35.4 Å². The van der Waals surface area contributed by atoms with Crippen LogP contribution in [0.1, 0.15) is 43.4 Å². The van der Waals surface area contributed by atoms with E-state index in [1.165, 1.54) is 12.7 Å². The summed E-state index contributed by atoms with van der Waals surface area (Å²) < 4.78 is 4.83. The van der Waals surface area contributed by atoms with E-state index in [-0.39, 0.29) is 17.9 Å². The fraction of sp³-hybridized carbons (Fsp3) is 0.500. The minimum absolute atomic E-state index is 0.0350. The molecule has 108 valence electrons. The normalized spacial score (nSPS) is 20.1. The molecule has 20 heavy (non-hydrogen) atoms. The van der Waals surface area contributed by atoms with Gasteiger partial charge in [-0.3, -0.25) is 4.79 Å². The standard InChI is InChI=1S/C16H21NO3/c1-4-13(12-7-5-11(2)6-8-12)17-14(16(19)20-3)9-10-15(17)18/h5-8,13-14H,4,9-10H2,1-3H3. The molecule has 1 amide bonds. The van der Waals surface area contributed by atoms with Gasteiger partial charge in [0.25, 0.3) is 0 Å². The maximum Gasteiger partial charge on any atom is 0.328 e. The molecule has 1 aliphatic heterocycles. The molecule has 0 aromatic heterocycles. The van der Waals surface area contributed by atoms with Crippen LogP contribution in [0.2, 0.25) is 0 Å². The van der Waals surface area contributed by atoms with Crippen LogP contribution in [-0.2, 0) is 14.3 Å². The maximum atomic E-state index is 12.2. The third kappa shape index (κ3) is 2.69. The molecule has 1 heterocycles. The van der Waals surface area contributed by atoms with E-state index in [2.05, 4.69) is 0 Å². The van der Waals surface area contributed by atoms with E-state index in [0.29, 0.717) is 12.8 Å². The van der Waals surface area contributed by atoms with Gasteiger partial charge in [-0.2, -0.15) is 0 Å². The van der Waals surface area contributed by atoms with E-state index >= 15 is 0 Å². The molecule has 0 saturated carbocycles. The first-order valence-corrected chi connectivity index (χ1v) is 7.04. The number of benzene rings is 1. The van der Waals surface area contributed by atoms with E-state index in [9.17, 15) is 9.59 Å². The smallest absolute Gasteiger partial charge is 0.328 e. The maximum absolute atomic E-state index is 12.2. The molecule has 2 atom stereocenters. The number of carbonyl (C=O) groups is 2. The van der Waals surface area contributed by atoms with Crippen LogP contribution < -0.4 is 0 Å². The Bertz CT molecular complexity index is 495. The summed E-state index contributed by atoms with van der Waals surface area (Å²) in [6, 6.07) is 7.62. The molecule has 1 aromatic carbocycles. The Morgan fingerprint density at radius 3 is 2.60 bits per heavy atom. The fourth-order valence-electron chi connectivity index (χ4n) is 2.84. The summed E-state index contributed by atoms with van der Waals surface area (Å²) in [6.07, 6.45) is 1.75. The first-order chi connectivity index (χ1) is 9.58. The summed E-state index contributed by atoms with van der Waals surface area (Å²) in [5, 5.41) is 0. The van der Waals surface area contributed by atoms with Gasteiger partial charge in [0.1, 0.15) is 6.04 Å². The second-order valence-electron chi connectivity index (χ2n) is 5.21. The molecule has 2 rings (SSSR count). The molecule has 1 aliphatic rings. The highest BCUT2D eigenvalue weighted by Crippen LogP contribution is 2.33. The van der Waals surface area contributed by atoms with E-state index in [1.807, 2.05) is 38.1 Å². The van der Waals surface area contributed by atoms with Crippen LogP contribution in [0.15, 0.2) is 24.3 Å². The number of amides is 1. The molecule has 0 bridgehead atoms. The van der Waals surface area contributed by atoms with Crippen molar-refractivity contribution in [2.75, 3.05) is 7.11 Å². The van der Waals surface area contributed by atoms with Gasteiger partial charge in [-0.25, -0.2) is 4.79 Å². The van der Waals surface area contributed by atoms with E-state index in [0.717, 1.165) is 12.0 Å². The van der Waals surface area contributed by atoms with Gasteiger partial charge in [0.15, 0.2) is 0 Å². The van der Waals surface area contributed by atoms with Gasteiger partial charge in [-0.05, 0) is 25.3 Å². The van der Waals surface area contributed by atoms with Gasteiger partial charge in [-0.1, -0.05) is 36.8 Å². The predicted molar refractivity (Wildman–Crippen MR) is 76.1 cm³/mol. The van der Waals surface area contributed by atoms with Gasteiger partial charge < -0.3 is 9.64 Å². The third-order valence-corrected chi connectivity index (χ3v) is 3.91. The first kappa shape index (κ1) is 14.6. The molecule has 0 N–H and O–H groups in total. The van der Waals surface area contributed by atoms with Crippen molar-refractivity contribution in [3.8, 4) is 0 Å². The predicted octanol–water partition coefficient (Wildman–Crippen LogP) is 2.61. The van der Waals surface area contributed by atoms with Crippen molar-refractivity contribution in [1.82, 2.24) is 4.90 Å². The van der Waals surface area contributed by atoms with Crippen LogP contribution in [0.3, 0.4) is 0 Å². The summed E-state index contributed by atoms with van der Waals surface area (Å²) in [4.78, 5) is 25.7. The SMILES string of the molecule is CCC(c1ccc(C)cc1)N1C(=O)CCC1C(=O)OC. The second kappa shape index (κ2) is 6.07. The zero-order valence-corrected chi connectivity index (χ0v) is 12.3. The summed E-state index contributed by atoms with van der Waals surface area (Å²) in [5.74, 6) is -0.283. The first-order valence-electron chi connectivity index (χ1n) is 7.04. The highest BCUT2D eigenvalue weighted by Gasteiger charge is 2.40. The van der Waals surface area contributed by atoms with Crippen LogP contribution >= 0.6 is 0 Å². The number of ether oxygens (including phenoxy) is 1. The van der Waals surface area contributed by atoms with Gasteiger partial charge in [0, 0.05) is 6.42 Å². The minimum atomic E-state index is -0.446. The third-order valence-electron chi connectivity index (χ3n) is 3.91.